The normalized spacial score (nSPS) is 18.6. The van der Waals surface area contributed by atoms with Crippen molar-refractivity contribution in [2.75, 3.05) is 0 Å². The van der Waals surface area contributed by atoms with Gasteiger partial charge in [0, 0.05) is 6.54 Å². The van der Waals surface area contributed by atoms with E-state index >= 15 is 0 Å². The maximum Gasteiger partial charge on any atom is 0.0994 e. The minimum atomic E-state index is 0.510. The van der Waals surface area contributed by atoms with E-state index in [1.807, 2.05) is 0 Å². The molecule has 0 saturated heterocycles. The lowest BCUT2D eigenvalue weighted by molar-refractivity contribution is 0.386. The molecule has 0 radical (unpaired) electrons. The molecule has 2 N–H and O–H groups in total. The average Bonchev–Trinajstić information content (AvgIpc) is 2.54. The third-order valence-electron chi connectivity index (χ3n) is 3.57. The van der Waals surface area contributed by atoms with Crippen molar-refractivity contribution in [2.24, 2.45) is 5.73 Å². The molecule has 1 aliphatic carbocycles. The summed E-state index contributed by atoms with van der Waals surface area (Å²) >= 11 is 0. The number of aromatic nitrogens is 3. The molecular weight excluding hydrogens is 200 g/mol. The van der Waals surface area contributed by atoms with Crippen molar-refractivity contribution >= 4 is 0 Å². The zero-order valence-corrected chi connectivity index (χ0v) is 10.2. The standard InChI is InChI=1S/C12H22N4/c1-2-12-11(9-13)14-15-16(12)10-7-5-3-4-6-8-10/h10H,2-9,13H2,1H3. The second-order valence-corrected chi connectivity index (χ2v) is 4.63. The summed E-state index contributed by atoms with van der Waals surface area (Å²) in [5, 5.41) is 8.51. The van der Waals surface area contributed by atoms with Crippen LogP contribution in [0.15, 0.2) is 0 Å². The molecule has 4 nitrogen and oxygen atoms in total. The van der Waals surface area contributed by atoms with E-state index in [1.165, 1.54) is 44.2 Å². The number of hydrogen-bond acceptors (Lipinski definition) is 3. The lowest BCUT2D eigenvalue weighted by atomic mass is 10.1. The Bertz CT molecular complexity index is 324. The molecule has 1 aliphatic rings. The Kier molecular flexibility index (Phi) is 3.93. The van der Waals surface area contributed by atoms with Crippen molar-refractivity contribution in [1.82, 2.24) is 15.0 Å². The molecule has 0 unspecified atom stereocenters. The molecule has 0 amide bonds. The highest BCUT2D eigenvalue weighted by molar-refractivity contribution is 5.10. The van der Waals surface area contributed by atoms with E-state index in [2.05, 4.69) is 21.9 Å². The maximum atomic E-state index is 5.68. The molecule has 1 saturated carbocycles. The molecule has 90 valence electrons. The Hall–Kier alpha value is -0.900. The SMILES string of the molecule is CCc1c(CN)nnn1C1CCCCCC1. The lowest BCUT2D eigenvalue weighted by Crippen LogP contribution is -2.14. The summed E-state index contributed by atoms with van der Waals surface area (Å²) in [6.07, 6.45) is 8.88. The van der Waals surface area contributed by atoms with Crippen LogP contribution >= 0.6 is 0 Å². The van der Waals surface area contributed by atoms with Crippen molar-refractivity contribution < 1.29 is 0 Å². The van der Waals surface area contributed by atoms with Gasteiger partial charge in [0.05, 0.1) is 17.4 Å². The molecule has 0 spiro atoms. The number of rotatable bonds is 3. The second kappa shape index (κ2) is 5.43. The summed E-state index contributed by atoms with van der Waals surface area (Å²) < 4.78 is 2.15. The number of nitrogens with zero attached hydrogens (tertiary/aromatic N) is 3. The van der Waals surface area contributed by atoms with Crippen LogP contribution in [0, 0.1) is 0 Å². The van der Waals surface area contributed by atoms with Crippen molar-refractivity contribution in [3.63, 3.8) is 0 Å². The molecule has 0 bridgehead atoms. The van der Waals surface area contributed by atoms with E-state index in [1.54, 1.807) is 0 Å². The van der Waals surface area contributed by atoms with Gasteiger partial charge in [0.15, 0.2) is 0 Å². The van der Waals surface area contributed by atoms with Crippen LogP contribution in [-0.4, -0.2) is 15.0 Å². The fourth-order valence-corrected chi connectivity index (χ4v) is 2.67. The molecule has 16 heavy (non-hydrogen) atoms. The van der Waals surface area contributed by atoms with Crippen LogP contribution in [-0.2, 0) is 13.0 Å². The van der Waals surface area contributed by atoms with Crippen molar-refractivity contribution in [3.05, 3.63) is 11.4 Å². The van der Waals surface area contributed by atoms with Crippen LogP contribution in [0.5, 0.6) is 0 Å². The minimum Gasteiger partial charge on any atom is -0.325 e. The van der Waals surface area contributed by atoms with Crippen LogP contribution in [0.3, 0.4) is 0 Å². The van der Waals surface area contributed by atoms with Gasteiger partial charge in [-0.1, -0.05) is 37.8 Å². The molecule has 2 rings (SSSR count). The zero-order valence-electron chi connectivity index (χ0n) is 10.2. The van der Waals surface area contributed by atoms with Crippen LogP contribution in [0.25, 0.3) is 0 Å². The predicted octanol–water partition coefficient (Wildman–Crippen LogP) is 2.19. The maximum absolute atomic E-state index is 5.68. The molecule has 0 aliphatic heterocycles. The van der Waals surface area contributed by atoms with Crippen LogP contribution in [0.2, 0.25) is 0 Å². The van der Waals surface area contributed by atoms with Gasteiger partial charge in [0.25, 0.3) is 0 Å². The fraction of sp³-hybridized carbons (Fsp3) is 0.833. The van der Waals surface area contributed by atoms with Crippen molar-refractivity contribution in [3.8, 4) is 0 Å². The van der Waals surface area contributed by atoms with E-state index in [9.17, 15) is 0 Å². The zero-order chi connectivity index (χ0) is 11.4. The number of hydrogen-bond donors (Lipinski definition) is 1. The largest absolute Gasteiger partial charge is 0.325 e. The van der Waals surface area contributed by atoms with Crippen molar-refractivity contribution in [1.29, 1.82) is 0 Å². The molecular formula is C12H22N4. The fourth-order valence-electron chi connectivity index (χ4n) is 2.67. The van der Waals surface area contributed by atoms with Crippen LogP contribution in [0.1, 0.15) is 62.9 Å². The summed E-state index contributed by atoms with van der Waals surface area (Å²) in [5.74, 6) is 0. The molecule has 4 heteroatoms. The van der Waals surface area contributed by atoms with Crippen LogP contribution < -0.4 is 5.73 Å². The van der Waals surface area contributed by atoms with Gasteiger partial charge in [-0.05, 0) is 19.3 Å². The monoisotopic (exact) mass is 222 g/mol. The Morgan fingerprint density at radius 2 is 1.94 bits per heavy atom. The van der Waals surface area contributed by atoms with Gasteiger partial charge >= 0.3 is 0 Å². The Balaban J connectivity index is 2.20. The first-order chi connectivity index (χ1) is 7.86. The van der Waals surface area contributed by atoms with Crippen LogP contribution in [0.4, 0.5) is 0 Å². The Labute approximate surface area is 97.2 Å². The highest BCUT2D eigenvalue weighted by Crippen LogP contribution is 2.28. The van der Waals surface area contributed by atoms with E-state index in [-0.39, 0.29) is 0 Å². The van der Waals surface area contributed by atoms with E-state index in [4.69, 9.17) is 5.73 Å². The molecule has 1 aromatic heterocycles. The Morgan fingerprint density at radius 3 is 2.50 bits per heavy atom. The van der Waals surface area contributed by atoms with Crippen molar-refractivity contribution in [2.45, 2.75) is 64.5 Å². The summed E-state index contributed by atoms with van der Waals surface area (Å²) in [6, 6.07) is 0.560. The quantitative estimate of drug-likeness (QED) is 0.798. The predicted molar refractivity (Wildman–Crippen MR) is 64.0 cm³/mol. The molecule has 1 heterocycles. The third kappa shape index (κ3) is 2.26. The molecule has 0 aromatic carbocycles. The van der Waals surface area contributed by atoms with Gasteiger partial charge < -0.3 is 5.73 Å². The van der Waals surface area contributed by atoms with E-state index in [0.717, 1.165) is 12.1 Å². The molecule has 0 atom stereocenters. The summed E-state index contributed by atoms with van der Waals surface area (Å²) in [5.41, 5.74) is 7.91. The van der Waals surface area contributed by atoms with Gasteiger partial charge in [0.1, 0.15) is 0 Å². The van der Waals surface area contributed by atoms with E-state index < -0.39 is 0 Å². The molecule has 1 aromatic rings. The number of nitrogens with two attached hydrogens (primary N) is 1. The van der Waals surface area contributed by atoms with Gasteiger partial charge in [-0.3, -0.25) is 0 Å². The van der Waals surface area contributed by atoms with Gasteiger partial charge in [-0.2, -0.15) is 0 Å². The summed E-state index contributed by atoms with van der Waals surface area (Å²) in [4.78, 5) is 0. The van der Waals surface area contributed by atoms with Gasteiger partial charge in [-0.25, -0.2) is 4.68 Å². The highest BCUT2D eigenvalue weighted by Gasteiger charge is 2.19. The third-order valence-corrected chi connectivity index (χ3v) is 3.57. The first-order valence-electron chi connectivity index (χ1n) is 6.49. The minimum absolute atomic E-state index is 0.510. The van der Waals surface area contributed by atoms with Gasteiger partial charge in [-0.15, -0.1) is 5.10 Å². The highest BCUT2D eigenvalue weighted by atomic mass is 15.4. The van der Waals surface area contributed by atoms with E-state index in [0.29, 0.717) is 12.6 Å². The summed E-state index contributed by atoms with van der Waals surface area (Å²) in [6.45, 7) is 2.67. The first kappa shape index (κ1) is 11.6. The average molecular weight is 222 g/mol. The lowest BCUT2D eigenvalue weighted by Gasteiger charge is -2.16. The summed E-state index contributed by atoms with van der Waals surface area (Å²) in [7, 11) is 0. The Morgan fingerprint density at radius 1 is 1.25 bits per heavy atom. The smallest absolute Gasteiger partial charge is 0.0994 e. The first-order valence-corrected chi connectivity index (χ1v) is 6.49. The topological polar surface area (TPSA) is 56.7 Å². The second-order valence-electron chi connectivity index (χ2n) is 4.63. The van der Waals surface area contributed by atoms with Gasteiger partial charge in [0.2, 0.25) is 0 Å². The molecule has 1 fully saturated rings.